The molecule has 1 atom stereocenters. The van der Waals surface area contributed by atoms with Gasteiger partial charge in [-0.3, -0.25) is 4.79 Å². The second-order valence-corrected chi connectivity index (χ2v) is 5.07. The first-order chi connectivity index (χ1) is 8.79. The van der Waals surface area contributed by atoms with Gasteiger partial charge in [-0.15, -0.1) is 0 Å². The van der Waals surface area contributed by atoms with Crippen LogP contribution in [0.5, 0.6) is 5.75 Å². The van der Waals surface area contributed by atoms with E-state index in [4.69, 9.17) is 10.00 Å². The average Bonchev–Trinajstić information content (AvgIpc) is 2.40. The topological polar surface area (TPSA) is 50.1 Å². The van der Waals surface area contributed by atoms with Crippen LogP contribution < -0.4 is 4.74 Å². The highest BCUT2D eigenvalue weighted by Crippen LogP contribution is 2.35. The van der Waals surface area contributed by atoms with Gasteiger partial charge in [0, 0.05) is 12.0 Å². The van der Waals surface area contributed by atoms with Crippen molar-refractivity contribution < 1.29 is 9.53 Å². The third-order valence-electron chi connectivity index (χ3n) is 3.06. The number of rotatable bonds is 1. The minimum atomic E-state index is -0.423. The van der Waals surface area contributed by atoms with E-state index in [1.807, 2.05) is 41.8 Å². The fraction of sp³-hybridized carbons (Fsp3) is 0.143. The molecule has 88 valence electrons. The average molecular weight is 255 g/mol. The zero-order valence-corrected chi connectivity index (χ0v) is 10.2. The van der Waals surface area contributed by atoms with Crippen LogP contribution in [0.15, 0.2) is 36.4 Å². The molecule has 0 spiro atoms. The molecule has 1 aliphatic rings. The largest absolute Gasteiger partial charge is 0.425 e. The molecule has 3 nitrogen and oxygen atoms in total. The quantitative estimate of drug-likeness (QED) is 0.446. The first-order valence-corrected chi connectivity index (χ1v) is 6.44. The molecular formula is C14H9NO2S. The molecule has 1 unspecified atom stereocenters. The minimum absolute atomic E-state index is 0.329. The van der Waals surface area contributed by atoms with Crippen LogP contribution >= 0.6 is 11.8 Å². The first kappa shape index (κ1) is 11.1. The number of thiocyanates is 1. The number of nitriles is 1. The summed E-state index contributed by atoms with van der Waals surface area (Å²) in [5.41, 5.74) is 1.01. The number of hydrogen-bond donors (Lipinski definition) is 0. The van der Waals surface area contributed by atoms with Gasteiger partial charge in [0.25, 0.3) is 0 Å². The number of fused-ring (bicyclic) bond motifs is 3. The van der Waals surface area contributed by atoms with Crippen LogP contribution in [-0.2, 0) is 11.2 Å². The predicted molar refractivity (Wildman–Crippen MR) is 70.3 cm³/mol. The van der Waals surface area contributed by atoms with Crippen molar-refractivity contribution in [2.24, 2.45) is 0 Å². The van der Waals surface area contributed by atoms with Crippen molar-refractivity contribution >= 4 is 28.5 Å². The number of hydrogen-bond acceptors (Lipinski definition) is 4. The summed E-state index contributed by atoms with van der Waals surface area (Å²) in [5, 5.41) is 12.5. The van der Waals surface area contributed by atoms with Gasteiger partial charge in [-0.05, 0) is 28.6 Å². The van der Waals surface area contributed by atoms with Gasteiger partial charge in [-0.2, -0.15) is 5.26 Å². The van der Waals surface area contributed by atoms with Crippen LogP contribution in [0.4, 0.5) is 0 Å². The molecule has 0 bridgehead atoms. The van der Waals surface area contributed by atoms with Crippen molar-refractivity contribution in [3.63, 3.8) is 0 Å². The van der Waals surface area contributed by atoms with Crippen molar-refractivity contribution in [1.82, 2.24) is 0 Å². The normalized spacial score (nSPS) is 17.9. The Bertz CT molecular complexity index is 675. The van der Waals surface area contributed by atoms with Crippen molar-refractivity contribution in [2.45, 2.75) is 11.7 Å². The lowest BCUT2D eigenvalue weighted by atomic mass is 9.98. The lowest BCUT2D eigenvalue weighted by Crippen LogP contribution is -2.29. The molecule has 2 aromatic rings. The molecule has 1 aliphatic heterocycles. The van der Waals surface area contributed by atoms with Crippen LogP contribution in [0.1, 0.15) is 5.56 Å². The summed E-state index contributed by atoms with van der Waals surface area (Å²) in [6, 6.07) is 11.7. The lowest BCUT2D eigenvalue weighted by molar-refractivity contribution is -0.134. The number of carbonyl (C=O) groups excluding carboxylic acids is 1. The molecule has 0 amide bonds. The van der Waals surface area contributed by atoms with Crippen LogP contribution in [0.2, 0.25) is 0 Å². The maximum absolute atomic E-state index is 11.7. The molecule has 4 heteroatoms. The molecule has 18 heavy (non-hydrogen) atoms. The summed E-state index contributed by atoms with van der Waals surface area (Å²) in [4.78, 5) is 11.7. The molecule has 3 rings (SSSR count). The Morgan fingerprint density at radius 2 is 2.11 bits per heavy atom. The first-order valence-electron chi connectivity index (χ1n) is 5.56. The van der Waals surface area contributed by atoms with E-state index >= 15 is 0 Å². The highest BCUT2D eigenvalue weighted by Gasteiger charge is 2.30. The number of thioether (sulfide) groups is 1. The van der Waals surface area contributed by atoms with Crippen molar-refractivity contribution in [3.8, 4) is 11.2 Å². The fourth-order valence-electron chi connectivity index (χ4n) is 2.22. The van der Waals surface area contributed by atoms with Crippen molar-refractivity contribution in [1.29, 1.82) is 5.26 Å². The fourth-order valence-corrected chi connectivity index (χ4v) is 2.74. The lowest BCUT2D eigenvalue weighted by Gasteiger charge is -2.22. The van der Waals surface area contributed by atoms with Crippen molar-refractivity contribution in [3.05, 3.63) is 42.0 Å². The molecule has 1 heterocycles. The second-order valence-electron chi connectivity index (χ2n) is 4.09. The Kier molecular flexibility index (Phi) is 2.69. The third-order valence-corrected chi connectivity index (χ3v) is 3.80. The number of nitrogens with zero attached hydrogens (tertiary/aromatic N) is 1. The SMILES string of the molecule is N#CSC1Cc2c(ccc3ccccc23)OC1=O. The Hall–Kier alpha value is -1.99. The smallest absolute Gasteiger partial charge is 0.325 e. The summed E-state index contributed by atoms with van der Waals surface area (Å²) in [6.45, 7) is 0. The standard InChI is InChI=1S/C14H9NO2S/c15-8-18-13-7-11-10-4-2-1-3-9(10)5-6-12(11)17-14(13)16/h1-6,13H,7H2. The Balaban J connectivity index is 2.14. The van der Waals surface area contributed by atoms with Crippen LogP contribution in [-0.4, -0.2) is 11.2 Å². The molecule has 0 saturated heterocycles. The number of esters is 1. The van der Waals surface area contributed by atoms with E-state index in [1.54, 1.807) is 0 Å². The summed E-state index contributed by atoms with van der Waals surface area (Å²) >= 11 is 0.963. The van der Waals surface area contributed by atoms with E-state index in [9.17, 15) is 4.79 Å². The molecular weight excluding hydrogens is 246 g/mol. The molecule has 0 aromatic heterocycles. The number of ether oxygens (including phenoxy) is 1. The van der Waals surface area contributed by atoms with Crippen LogP contribution in [0.3, 0.4) is 0 Å². The molecule has 0 fully saturated rings. The van der Waals surface area contributed by atoms with Crippen molar-refractivity contribution in [2.75, 3.05) is 0 Å². The van der Waals surface area contributed by atoms with Gasteiger partial charge in [0.05, 0.1) is 0 Å². The van der Waals surface area contributed by atoms with E-state index in [-0.39, 0.29) is 5.97 Å². The predicted octanol–water partition coefficient (Wildman–Crippen LogP) is 2.88. The Morgan fingerprint density at radius 1 is 1.28 bits per heavy atom. The zero-order valence-electron chi connectivity index (χ0n) is 9.42. The second kappa shape index (κ2) is 4.35. The molecule has 0 aliphatic carbocycles. The van der Waals surface area contributed by atoms with E-state index in [0.717, 1.165) is 28.1 Å². The summed E-state index contributed by atoms with van der Waals surface area (Å²) in [7, 11) is 0. The van der Waals surface area contributed by atoms with E-state index in [0.29, 0.717) is 12.2 Å². The number of benzene rings is 2. The molecule has 0 N–H and O–H groups in total. The zero-order chi connectivity index (χ0) is 12.5. The summed E-state index contributed by atoms with van der Waals surface area (Å²) < 4.78 is 5.29. The van der Waals surface area contributed by atoms with Crippen LogP contribution in [0.25, 0.3) is 10.8 Å². The maximum Gasteiger partial charge on any atom is 0.325 e. The summed E-state index contributed by atoms with van der Waals surface area (Å²) in [5.74, 6) is 0.290. The van der Waals surface area contributed by atoms with Gasteiger partial charge in [-0.1, -0.05) is 30.3 Å². The molecule has 2 aromatic carbocycles. The molecule has 0 radical (unpaired) electrons. The maximum atomic E-state index is 11.7. The van der Waals surface area contributed by atoms with Gasteiger partial charge in [0.1, 0.15) is 16.4 Å². The van der Waals surface area contributed by atoms with E-state index in [2.05, 4.69) is 0 Å². The molecule has 0 saturated carbocycles. The van der Waals surface area contributed by atoms with Crippen LogP contribution in [0, 0.1) is 10.7 Å². The summed E-state index contributed by atoms with van der Waals surface area (Å²) in [6.07, 6.45) is 0.549. The van der Waals surface area contributed by atoms with Gasteiger partial charge in [0.2, 0.25) is 0 Å². The highest BCUT2D eigenvalue weighted by atomic mass is 32.2. The van der Waals surface area contributed by atoms with Gasteiger partial charge in [0.15, 0.2) is 0 Å². The van der Waals surface area contributed by atoms with E-state index in [1.165, 1.54) is 0 Å². The van der Waals surface area contributed by atoms with Gasteiger partial charge in [-0.25, -0.2) is 0 Å². The number of carbonyl (C=O) groups is 1. The minimum Gasteiger partial charge on any atom is -0.425 e. The highest BCUT2D eigenvalue weighted by molar-refractivity contribution is 8.04. The van der Waals surface area contributed by atoms with Gasteiger partial charge < -0.3 is 4.74 Å². The Labute approximate surface area is 108 Å². The van der Waals surface area contributed by atoms with Gasteiger partial charge >= 0.3 is 5.97 Å². The third kappa shape index (κ3) is 1.73. The van der Waals surface area contributed by atoms with E-state index < -0.39 is 5.25 Å². The monoisotopic (exact) mass is 255 g/mol. The Morgan fingerprint density at radius 3 is 2.94 bits per heavy atom.